The fraction of sp³-hybridized carbons (Fsp3) is 0.591. The van der Waals surface area contributed by atoms with Crippen LogP contribution in [0.15, 0.2) is 23.6 Å². The molecule has 0 spiro atoms. The fourth-order valence-corrected chi connectivity index (χ4v) is 7.04. The summed E-state index contributed by atoms with van der Waals surface area (Å²) in [5.41, 5.74) is 1.35. The highest BCUT2D eigenvalue weighted by Crippen LogP contribution is 2.40. The van der Waals surface area contributed by atoms with E-state index in [0.717, 1.165) is 57.1 Å². The van der Waals surface area contributed by atoms with Crippen molar-refractivity contribution < 1.29 is 4.79 Å². The molecular formula is C22H30ClN3OS2. The zero-order valence-corrected chi connectivity index (χ0v) is 19.9. The maximum atomic E-state index is 12.5. The molecule has 2 aromatic rings. The number of fused-ring (bicyclic) bond motifs is 1. The van der Waals surface area contributed by atoms with E-state index in [1.165, 1.54) is 15.8 Å². The number of hydrogen-bond donors (Lipinski definition) is 0. The Labute approximate surface area is 187 Å². The zero-order chi connectivity index (χ0) is 20.6. The molecule has 0 bridgehead atoms. The van der Waals surface area contributed by atoms with Crippen LogP contribution >= 0.6 is 34.7 Å². The van der Waals surface area contributed by atoms with Crippen molar-refractivity contribution in [1.29, 1.82) is 0 Å². The third-order valence-electron chi connectivity index (χ3n) is 6.03. The van der Waals surface area contributed by atoms with Gasteiger partial charge >= 0.3 is 0 Å². The van der Waals surface area contributed by atoms with Crippen LogP contribution in [0.25, 0.3) is 10.1 Å². The number of halogens is 1. The SMILES string of the molecule is CC1SC(C)(C)C(=O)N1CCCCN1CCN(c2csc3cc(Cl)ccc23)CC1. The van der Waals surface area contributed by atoms with Crippen molar-refractivity contribution in [2.75, 3.05) is 44.2 Å². The Morgan fingerprint density at radius 2 is 1.86 bits per heavy atom. The molecule has 158 valence electrons. The Morgan fingerprint density at radius 3 is 2.55 bits per heavy atom. The number of carbonyl (C=O) groups is 1. The minimum atomic E-state index is -0.257. The molecule has 4 rings (SSSR count). The number of carbonyl (C=O) groups excluding carboxylic acids is 1. The standard InChI is InChI=1S/C22H30ClN3OS2/c1-16-26(21(27)22(2,3)29-16)9-5-4-8-24-10-12-25(13-11-24)19-15-28-20-14-17(23)6-7-18(19)20/h6-7,14-16H,4-5,8-13H2,1-3H3. The average molecular weight is 452 g/mol. The molecule has 2 saturated heterocycles. The normalized spacial score (nSPS) is 22.8. The second kappa shape index (κ2) is 8.66. The molecule has 1 unspecified atom stereocenters. The van der Waals surface area contributed by atoms with E-state index < -0.39 is 0 Å². The first-order chi connectivity index (χ1) is 13.8. The van der Waals surface area contributed by atoms with E-state index in [-0.39, 0.29) is 4.75 Å². The second-order valence-corrected chi connectivity index (χ2v) is 11.8. The number of hydrogen-bond acceptors (Lipinski definition) is 5. The van der Waals surface area contributed by atoms with Crippen molar-refractivity contribution in [3.63, 3.8) is 0 Å². The summed E-state index contributed by atoms with van der Waals surface area (Å²) >= 11 is 9.69. The number of thiophene rings is 1. The summed E-state index contributed by atoms with van der Waals surface area (Å²) in [6.07, 6.45) is 2.24. The van der Waals surface area contributed by atoms with Crippen molar-refractivity contribution in [3.8, 4) is 0 Å². The Kier molecular flexibility index (Phi) is 6.35. The van der Waals surface area contributed by atoms with Gasteiger partial charge in [0.05, 0.1) is 15.8 Å². The largest absolute Gasteiger partial charge is 0.368 e. The Hall–Kier alpha value is -0.950. The highest BCUT2D eigenvalue weighted by atomic mass is 35.5. The first kappa shape index (κ1) is 21.3. The van der Waals surface area contributed by atoms with Gasteiger partial charge in [0.1, 0.15) is 0 Å². The van der Waals surface area contributed by atoms with Crippen LogP contribution in [0.5, 0.6) is 0 Å². The molecule has 2 fully saturated rings. The van der Waals surface area contributed by atoms with Crippen molar-refractivity contribution in [1.82, 2.24) is 9.80 Å². The molecule has 1 aromatic carbocycles. The van der Waals surface area contributed by atoms with Crippen LogP contribution in [0.1, 0.15) is 33.6 Å². The number of unbranched alkanes of at least 4 members (excludes halogenated alkanes) is 1. The number of thioether (sulfide) groups is 1. The average Bonchev–Trinajstić information content (AvgIpc) is 3.18. The molecule has 1 amide bonds. The van der Waals surface area contributed by atoms with Gasteiger partial charge in [0, 0.05) is 53.2 Å². The van der Waals surface area contributed by atoms with Gasteiger partial charge in [0.2, 0.25) is 5.91 Å². The van der Waals surface area contributed by atoms with Gasteiger partial charge in [-0.05, 0) is 58.4 Å². The van der Waals surface area contributed by atoms with Crippen LogP contribution in [-0.4, -0.2) is 65.1 Å². The lowest BCUT2D eigenvalue weighted by Crippen LogP contribution is -2.46. The van der Waals surface area contributed by atoms with Crippen LogP contribution in [-0.2, 0) is 4.79 Å². The van der Waals surface area contributed by atoms with Crippen molar-refractivity contribution in [2.45, 2.75) is 43.7 Å². The monoisotopic (exact) mass is 451 g/mol. The first-order valence-corrected chi connectivity index (χ1v) is 12.6. The molecule has 0 aliphatic carbocycles. The van der Waals surface area contributed by atoms with Crippen molar-refractivity contribution >= 4 is 56.4 Å². The molecule has 7 heteroatoms. The van der Waals surface area contributed by atoms with E-state index in [9.17, 15) is 4.79 Å². The van der Waals surface area contributed by atoms with E-state index in [1.807, 2.05) is 19.9 Å². The van der Waals surface area contributed by atoms with Gasteiger partial charge in [0.15, 0.2) is 0 Å². The number of nitrogens with zero attached hydrogens (tertiary/aromatic N) is 3. The summed E-state index contributed by atoms with van der Waals surface area (Å²) in [7, 11) is 0. The zero-order valence-electron chi connectivity index (χ0n) is 17.5. The van der Waals surface area contributed by atoms with E-state index >= 15 is 0 Å². The second-order valence-electron chi connectivity index (χ2n) is 8.52. The molecule has 1 aromatic heterocycles. The topological polar surface area (TPSA) is 26.8 Å². The Bertz CT molecular complexity index is 876. The minimum Gasteiger partial charge on any atom is -0.368 e. The van der Waals surface area contributed by atoms with Gasteiger partial charge in [-0.15, -0.1) is 23.1 Å². The van der Waals surface area contributed by atoms with Crippen LogP contribution in [0.3, 0.4) is 0 Å². The number of amides is 1. The Balaban J connectivity index is 1.22. The van der Waals surface area contributed by atoms with Crippen LogP contribution < -0.4 is 4.90 Å². The molecular weight excluding hydrogens is 422 g/mol. The smallest absolute Gasteiger partial charge is 0.239 e. The number of piperazine rings is 1. The molecule has 2 aliphatic heterocycles. The lowest BCUT2D eigenvalue weighted by atomic mass is 10.1. The van der Waals surface area contributed by atoms with Crippen molar-refractivity contribution in [2.24, 2.45) is 0 Å². The first-order valence-electron chi connectivity index (χ1n) is 10.5. The van der Waals surface area contributed by atoms with Gasteiger partial charge in [-0.2, -0.15) is 0 Å². The van der Waals surface area contributed by atoms with Crippen molar-refractivity contribution in [3.05, 3.63) is 28.6 Å². The summed E-state index contributed by atoms with van der Waals surface area (Å²) in [6.45, 7) is 12.6. The molecule has 1 atom stereocenters. The third-order valence-corrected chi connectivity index (χ3v) is 8.56. The summed E-state index contributed by atoms with van der Waals surface area (Å²) in [5.74, 6) is 0.299. The maximum absolute atomic E-state index is 12.5. The summed E-state index contributed by atoms with van der Waals surface area (Å²) < 4.78 is 1.01. The molecule has 2 aliphatic rings. The molecule has 3 heterocycles. The van der Waals surface area contributed by atoms with Crippen LogP contribution in [0.2, 0.25) is 5.02 Å². The van der Waals surface area contributed by atoms with E-state index in [0.29, 0.717) is 11.3 Å². The third kappa shape index (κ3) is 4.55. The van der Waals surface area contributed by atoms with E-state index in [4.69, 9.17) is 11.6 Å². The summed E-state index contributed by atoms with van der Waals surface area (Å²) in [4.78, 5) is 19.6. The highest BCUT2D eigenvalue weighted by Gasteiger charge is 2.43. The lowest BCUT2D eigenvalue weighted by molar-refractivity contribution is -0.131. The maximum Gasteiger partial charge on any atom is 0.239 e. The minimum absolute atomic E-state index is 0.257. The van der Waals surface area contributed by atoms with Gasteiger partial charge in [-0.1, -0.05) is 11.6 Å². The van der Waals surface area contributed by atoms with Gasteiger partial charge in [-0.3, -0.25) is 9.69 Å². The van der Waals surface area contributed by atoms with Gasteiger partial charge < -0.3 is 9.80 Å². The molecule has 0 saturated carbocycles. The lowest BCUT2D eigenvalue weighted by Gasteiger charge is -2.36. The van der Waals surface area contributed by atoms with Gasteiger partial charge in [0.25, 0.3) is 0 Å². The molecule has 0 N–H and O–H groups in total. The molecule has 29 heavy (non-hydrogen) atoms. The Morgan fingerprint density at radius 1 is 1.14 bits per heavy atom. The number of benzene rings is 1. The van der Waals surface area contributed by atoms with Crippen LogP contribution in [0.4, 0.5) is 5.69 Å². The van der Waals surface area contributed by atoms with Crippen LogP contribution in [0, 0.1) is 0 Å². The summed E-state index contributed by atoms with van der Waals surface area (Å²) in [5, 5.41) is 4.70. The highest BCUT2D eigenvalue weighted by molar-refractivity contribution is 8.02. The predicted molar refractivity (Wildman–Crippen MR) is 128 cm³/mol. The summed E-state index contributed by atoms with van der Waals surface area (Å²) in [6, 6.07) is 6.20. The van der Waals surface area contributed by atoms with E-state index in [2.05, 4.69) is 39.1 Å². The quantitative estimate of drug-likeness (QED) is 0.567. The fourth-order valence-electron chi connectivity index (χ4n) is 4.40. The molecule has 4 nitrogen and oxygen atoms in total. The molecule has 0 radical (unpaired) electrons. The number of rotatable bonds is 6. The predicted octanol–water partition coefficient (Wildman–Crippen LogP) is 5.16. The number of anilines is 1. The van der Waals surface area contributed by atoms with E-state index in [1.54, 1.807) is 23.1 Å². The van der Waals surface area contributed by atoms with Gasteiger partial charge in [-0.25, -0.2) is 0 Å².